The minimum absolute atomic E-state index is 0.107. The summed E-state index contributed by atoms with van der Waals surface area (Å²) in [5, 5.41) is 2.68. The summed E-state index contributed by atoms with van der Waals surface area (Å²) in [7, 11) is 0. The fraction of sp³-hybridized carbons (Fsp3) is 0.667. The highest BCUT2D eigenvalue weighted by molar-refractivity contribution is 7.98. The Balaban J connectivity index is 3.52. The first-order chi connectivity index (χ1) is 6.22. The molecular weight excluding hydrogens is 184 g/mol. The molecule has 0 radical (unpaired) electrons. The van der Waals surface area contributed by atoms with E-state index in [-0.39, 0.29) is 5.91 Å². The molecule has 4 heteroatoms. The van der Waals surface area contributed by atoms with Crippen LogP contribution in [0.2, 0.25) is 0 Å². The molecule has 0 saturated heterocycles. The molecule has 0 heterocycles. The molecule has 0 bridgehead atoms. The largest absolute Gasteiger partial charge is 0.354 e. The number of amides is 1. The van der Waals surface area contributed by atoms with E-state index >= 15 is 0 Å². The van der Waals surface area contributed by atoms with Crippen molar-refractivity contribution in [3.63, 3.8) is 0 Å². The van der Waals surface area contributed by atoms with Gasteiger partial charge in [-0.15, -0.1) is 12.3 Å². The standard InChI is InChI=1S/C9H16N2OS/c1-3-4-6-11-9(12)8(10)5-7-13-2/h1,8H,4-7,10H2,2H3,(H,11,12)/t8-/m1/s1. The maximum absolute atomic E-state index is 11.2. The number of hydrogen-bond acceptors (Lipinski definition) is 3. The molecule has 0 spiro atoms. The number of rotatable bonds is 6. The van der Waals surface area contributed by atoms with Crippen LogP contribution in [0.5, 0.6) is 0 Å². The van der Waals surface area contributed by atoms with Crippen molar-refractivity contribution >= 4 is 17.7 Å². The molecule has 0 rings (SSSR count). The number of carbonyl (C=O) groups excluding carboxylic acids is 1. The fourth-order valence-corrected chi connectivity index (χ4v) is 1.25. The Morgan fingerprint density at radius 2 is 2.46 bits per heavy atom. The van der Waals surface area contributed by atoms with Crippen molar-refractivity contribution in [2.75, 3.05) is 18.6 Å². The third-order valence-corrected chi connectivity index (χ3v) is 2.18. The zero-order valence-electron chi connectivity index (χ0n) is 7.88. The average molecular weight is 200 g/mol. The van der Waals surface area contributed by atoms with Crippen LogP contribution in [0.15, 0.2) is 0 Å². The second kappa shape index (κ2) is 7.96. The van der Waals surface area contributed by atoms with E-state index in [1.54, 1.807) is 11.8 Å². The van der Waals surface area contributed by atoms with Gasteiger partial charge in [0.15, 0.2) is 0 Å². The number of nitrogens with two attached hydrogens (primary N) is 1. The highest BCUT2D eigenvalue weighted by Crippen LogP contribution is 1.98. The van der Waals surface area contributed by atoms with Crippen LogP contribution in [0.3, 0.4) is 0 Å². The van der Waals surface area contributed by atoms with Crippen LogP contribution >= 0.6 is 11.8 Å². The SMILES string of the molecule is C#CCCNC(=O)[C@H](N)CCSC. The smallest absolute Gasteiger partial charge is 0.236 e. The molecule has 1 atom stereocenters. The minimum Gasteiger partial charge on any atom is -0.354 e. The number of thioether (sulfide) groups is 1. The van der Waals surface area contributed by atoms with Crippen molar-refractivity contribution in [3.8, 4) is 12.3 Å². The van der Waals surface area contributed by atoms with Crippen LogP contribution in [-0.2, 0) is 4.79 Å². The second-order valence-corrected chi connectivity index (χ2v) is 3.62. The van der Waals surface area contributed by atoms with Gasteiger partial charge in [0, 0.05) is 13.0 Å². The van der Waals surface area contributed by atoms with Crippen molar-refractivity contribution in [2.45, 2.75) is 18.9 Å². The van der Waals surface area contributed by atoms with Gasteiger partial charge in [-0.25, -0.2) is 0 Å². The van der Waals surface area contributed by atoms with Gasteiger partial charge >= 0.3 is 0 Å². The molecule has 0 aliphatic rings. The Morgan fingerprint density at radius 3 is 3.00 bits per heavy atom. The van der Waals surface area contributed by atoms with Gasteiger partial charge in [-0.05, 0) is 18.4 Å². The highest BCUT2D eigenvalue weighted by atomic mass is 32.2. The first-order valence-electron chi connectivity index (χ1n) is 4.18. The van der Waals surface area contributed by atoms with Crippen LogP contribution in [-0.4, -0.2) is 30.5 Å². The molecule has 13 heavy (non-hydrogen) atoms. The van der Waals surface area contributed by atoms with E-state index < -0.39 is 6.04 Å². The van der Waals surface area contributed by atoms with E-state index in [4.69, 9.17) is 12.2 Å². The van der Waals surface area contributed by atoms with Gasteiger partial charge in [-0.3, -0.25) is 4.79 Å². The Morgan fingerprint density at radius 1 is 1.77 bits per heavy atom. The van der Waals surface area contributed by atoms with E-state index in [1.807, 2.05) is 6.26 Å². The van der Waals surface area contributed by atoms with E-state index in [9.17, 15) is 4.79 Å². The average Bonchev–Trinajstić information content (AvgIpc) is 2.14. The zero-order chi connectivity index (χ0) is 10.1. The minimum atomic E-state index is -0.398. The summed E-state index contributed by atoms with van der Waals surface area (Å²) in [4.78, 5) is 11.2. The lowest BCUT2D eigenvalue weighted by molar-refractivity contribution is -0.122. The molecule has 0 aliphatic heterocycles. The lowest BCUT2D eigenvalue weighted by Crippen LogP contribution is -2.41. The number of carbonyl (C=O) groups is 1. The van der Waals surface area contributed by atoms with Crippen LogP contribution in [0.25, 0.3) is 0 Å². The van der Waals surface area contributed by atoms with Crippen molar-refractivity contribution < 1.29 is 4.79 Å². The van der Waals surface area contributed by atoms with Crippen molar-refractivity contribution in [1.82, 2.24) is 5.32 Å². The Bertz CT molecular complexity index is 189. The predicted octanol–water partition coefficient (Wildman–Crippen LogP) is 0.206. The third-order valence-electron chi connectivity index (χ3n) is 1.54. The lowest BCUT2D eigenvalue weighted by atomic mass is 10.2. The first kappa shape index (κ1) is 12.3. The summed E-state index contributed by atoms with van der Waals surface area (Å²) in [6.45, 7) is 0.516. The first-order valence-corrected chi connectivity index (χ1v) is 5.57. The van der Waals surface area contributed by atoms with Crippen LogP contribution in [0.1, 0.15) is 12.8 Å². The molecule has 0 fully saturated rings. The van der Waals surface area contributed by atoms with Gasteiger partial charge in [-0.2, -0.15) is 11.8 Å². The van der Waals surface area contributed by atoms with Gasteiger partial charge in [0.25, 0.3) is 0 Å². The number of hydrogen-bond donors (Lipinski definition) is 2. The maximum Gasteiger partial charge on any atom is 0.236 e. The second-order valence-electron chi connectivity index (χ2n) is 2.63. The van der Waals surface area contributed by atoms with Crippen LogP contribution in [0, 0.1) is 12.3 Å². The van der Waals surface area contributed by atoms with Crippen molar-refractivity contribution in [3.05, 3.63) is 0 Å². The summed E-state index contributed by atoms with van der Waals surface area (Å²) in [6, 6.07) is -0.398. The zero-order valence-corrected chi connectivity index (χ0v) is 8.69. The molecule has 74 valence electrons. The van der Waals surface area contributed by atoms with E-state index in [1.165, 1.54) is 0 Å². The maximum atomic E-state index is 11.2. The molecule has 1 amide bonds. The molecule has 0 aromatic rings. The summed E-state index contributed by atoms with van der Waals surface area (Å²) in [5.74, 6) is 3.24. The molecule has 0 aliphatic carbocycles. The lowest BCUT2D eigenvalue weighted by Gasteiger charge is -2.10. The van der Waals surface area contributed by atoms with Crippen LogP contribution < -0.4 is 11.1 Å². The Labute approximate surface area is 83.8 Å². The molecule has 3 nitrogen and oxygen atoms in total. The van der Waals surface area contributed by atoms with E-state index in [2.05, 4.69) is 11.2 Å². The van der Waals surface area contributed by atoms with Gasteiger partial charge < -0.3 is 11.1 Å². The summed E-state index contributed by atoms with van der Waals surface area (Å²) in [5.41, 5.74) is 5.61. The van der Waals surface area contributed by atoms with Gasteiger partial charge in [0.05, 0.1) is 6.04 Å². The van der Waals surface area contributed by atoms with Crippen molar-refractivity contribution in [1.29, 1.82) is 0 Å². The Hall–Kier alpha value is -0.660. The third kappa shape index (κ3) is 6.50. The monoisotopic (exact) mass is 200 g/mol. The number of terminal acetylenes is 1. The van der Waals surface area contributed by atoms with Gasteiger partial charge in [-0.1, -0.05) is 0 Å². The van der Waals surface area contributed by atoms with E-state index in [0.29, 0.717) is 19.4 Å². The molecule has 3 N–H and O–H groups in total. The Kier molecular flexibility index (Phi) is 7.56. The number of nitrogens with one attached hydrogen (secondary N) is 1. The quantitative estimate of drug-likeness (QED) is 0.476. The van der Waals surface area contributed by atoms with E-state index in [0.717, 1.165) is 5.75 Å². The molecular formula is C9H16N2OS. The fourth-order valence-electron chi connectivity index (χ4n) is 0.765. The van der Waals surface area contributed by atoms with Gasteiger partial charge in [0.1, 0.15) is 0 Å². The molecule has 0 saturated carbocycles. The van der Waals surface area contributed by atoms with Crippen LogP contribution in [0.4, 0.5) is 0 Å². The van der Waals surface area contributed by atoms with Gasteiger partial charge in [0.2, 0.25) is 5.91 Å². The van der Waals surface area contributed by atoms with Crippen molar-refractivity contribution in [2.24, 2.45) is 5.73 Å². The topological polar surface area (TPSA) is 55.1 Å². The summed E-state index contributed by atoms with van der Waals surface area (Å²) < 4.78 is 0. The molecule has 0 unspecified atom stereocenters. The predicted molar refractivity (Wildman–Crippen MR) is 57.4 cm³/mol. The summed E-state index contributed by atoms with van der Waals surface area (Å²) in [6.07, 6.45) is 8.29. The highest BCUT2D eigenvalue weighted by Gasteiger charge is 2.11. The molecule has 0 aromatic carbocycles. The summed E-state index contributed by atoms with van der Waals surface area (Å²) >= 11 is 1.68. The normalized spacial score (nSPS) is 11.8. The molecule has 0 aromatic heterocycles.